The van der Waals surface area contributed by atoms with Crippen molar-refractivity contribution in [3.63, 3.8) is 0 Å². The fraction of sp³-hybridized carbons (Fsp3) is 0.455. The zero-order valence-electron chi connectivity index (χ0n) is 8.60. The molecule has 0 aliphatic heterocycles. The lowest BCUT2D eigenvalue weighted by atomic mass is 10.2. The Balaban J connectivity index is 2.07. The largest absolute Gasteiger partial charge is 0.477 e. The summed E-state index contributed by atoms with van der Waals surface area (Å²) in [5, 5.41) is 12.0. The summed E-state index contributed by atoms with van der Waals surface area (Å²) in [6.45, 7) is 2.10. The first-order valence-corrected chi connectivity index (χ1v) is 5.13. The van der Waals surface area contributed by atoms with E-state index in [4.69, 9.17) is 5.11 Å². The molecule has 1 atom stereocenters. The van der Waals surface area contributed by atoms with E-state index in [2.05, 4.69) is 17.2 Å². The molecule has 1 unspecified atom stereocenters. The van der Waals surface area contributed by atoms with E-state index in [0.29, 0.717) is 11.9 Å². The summed E-state index contributed by atoms with van der Waals surface area (Å²) < 4.78 is 0. The monoisotopic (exact) mass is 206 g/mol. The maximum atomic E-state index is 10.7. The van der Waals surface area contributed by atoms with Crippen LogP contribution in [0.25, 0.3) is 0 Å². The predicted molar refractivity (Wildman–Crippen MR) is 57.0 cm³/mol. The Bertz CT molecular complexity index is 375. The van der Waals surface area contributed by atoms with Gasteiger partial charge >= 0.3 is 5.97 Å². The van der Waals surface area contributed by atoms with Crippen LogP contribution in [0.2, 0.25) is 0 Å². The van der Waals surface area contributed by atoms with Crippen molar-refractivity contribution >= 4 is 11.8 Å². The van der Waals surface area contributed by atoms with Gasteiger partial charge in [0.25, 0.3) is 0 Å². The number of aromatic nitrogens is 1. The topological polar surface area (TPSA) is 62.2 Å². The molecule has 4 heteroatoms. The van der Waals surface area contributed by atoms with E-state index in [9.17, 15) is 4.79 Å². The fourth-order valence-electron chi connectivity index (χ4n) is 1.58. The highest BCUT2D eigenvalue weighted by molar-refractivity contribution is 5.85. The third kappa shape index (κ3) is 2.46. The van der Waals surface area contributed by atoms with Crippen LogP contribution in [0.15, 0.2) is 18.2 Å². The van der Waals surface area contributed by atoms with Crippen LogP contribution in [0.4, 0.5) is 5.82 Å². The summed E-state index contributed by atoms with van der Waals surface area (Å²) in [5.41, 5.74) is 0.0861. The molecule has 1 saturated carbocycles. The first-order valence-electron chi connectivity index (χ1n) is 5.13. The Kier molecular flexibility index (Phi) is 2.58. The highest BCUT2D eigenvalue weighted by Gasteiger charge is 2.27. The van der Waals surface area contributed by atoms with Crippen molar-refractivity contribution in [1.82, 2.24) is 4.98 Å². The van der Waals surface area contributed by atoms with Gasteiger partial charge in [-0.2, -0.15) is 0 Å². The Labute approximate surface area is 88.3 Å². The van der Waals surface area contributed by atoms with Crippen LogP contribution in [0, 0.1) is 5.92 Å². The minimum Gasteiger partial charge on any atom is -0.477 e. The number of carboxylic acids is 1. The van der Waals surface area contributed by atoms with Crippen LogP contribution in [-0.4, -0.2) is 22.1 Å². The summed E-state index contributed by atoms with van der Waals surface area (Å²) in [4.78, 5) is 14.7. The number of nitrogens with one attached hydrogen (secondary N) is 1. The van der Waals surface area contributed by atoms with E-state index in [1.54, 1.807) is 12.1 Å². The standard InChI is InChI=1S/C11H14N2O2/c1-7(8-5-6-8)12-10-4-2-3-9(13-10)11(14)15/h2-4,7-8H,5-6H2,1H3,(H,12,13)(H,14,15). The number of anilines is 1. The summed E-state index contributed by atoms with van der Waals surface area (Å²) in [6.07, 6.45) is 2.51. The molecule has 0 amide bonds. The van der Waals surface area contributed by atoms with Gasteiger partial charge in [0, 0.05) is 6.04 Å². The fourth-order valence-corrected chi connectivity index (χ4v) is 1.58. The van der Waals surface area contributed by atoms with Crippen molar-refractivity contribution in [2.45, 2.75) is 25.8 Å². The Morgan fingerprint density at radius 2 is 2.33 bits per heavy atom. The molecule has 1 aliphatic rings. The molecule has 1 heterocycles. The molecular formula is C11H14N2O2. The van der Waals surface area contributed by atoms with Crippen LogP contribution < -0.4 is 5.32 Å². The molecule has 15 heavy (non-hydrogen) atoms. The van der Waals surface area contributed by atoms with Crippen LogP contribution in [0.1, 0.15) is 30.3 Å². The number of rotatable bonds is 4. The van der Waals surface area contributed by atoms with Gasteiger partial charge in [-0.3, -0.25) is 0 Å². The number of carboxylic acid groups (broad SMARTS) is 1. The van der Waals surface area contributed by atoms with Gasteiger partial charge in [-0.05, 0) is 37.8 Å². The minimum atomic E-state index is -0.988. The van der Waals surface area contributed by atoms with Crippen LogP contribution in [0.3, 0.4) is 0 Å². The molecule has 2 rings (SSSR count). The molecule has 1 aromatic heterocycles. The van der Waals surface area contributed by atoms with Gasteiger partial charge in [0.05, 0.1) is 0 Å². The van der Waals surface area contributed by atoms with Gasteiger partial charge in [0.2, 0.25) is 0 Å². The number of hydrogen-bond acceptors (Lipinski definition) is 3. The number of carbonyl (C=O) groups is 1. The summed E-state index contributed by atoms with van der Waals surface area (Å²) >= 11 is 0. The lowest BCUT2D eigenvalue weighted by molar-refractivity contribution is 0.0690. The number of pyridine rings is 1. The molecule has 80 valence electrons. The van der Waals surface area contributed by atoms with E-state index in [-0.39, 0.29) is 5.69 Å². The second kappa shape index (κ2) is 3.88. The summed E-state index contributed by atoms with van der Waals surface area (Å²) in [7, 11) is 0. The van der Waals surface area contributed by atoms with Gasteiger partial charge in [0.1, 0.15) is 5.82 Å². The predicted octanol–water partition coefficient (Wildman–Crippen LogP) is 1.99. The summed E-state index contributed by atoms with van der Waals surface area (Å²) in [6, 6.07) is 5.38. The molecule has 1 aromatic rings. The first-order chi connectivity index (χ1) is 7.16. The Morgan fingerprint density at radius 3 is 2.93 bits per heavy atom. The quantitative estimate of drug-likeness (QED) is 0.790. The zero-order chi connectivity index (χ0) is 10.8. The molecule has 4 nitrogen and oxygen atoms in total. The zero-order valence-corrected chi connectivity index (χ0v) is 8.60. The Morgan fingerprint density at radius 1 is 1.60 bits per heavy atom. The maximum absolute atomic E-state index is 10.7. The normalized spacial score (nSPS) is 17.1. The SMILES string of the molecule is CC(Nc1cccc(C(=O)O)n1)C1CC1. The molecular weight excluding hydrogens is 192 g/mol. The smallest absolute Gasteiger partial charge is 0.354 e. The lowest BCUT2D eigenvalue weighted by Crippen LogP contribution is -2.18. The second-order valence-corrected chi connectivity index (χ2v) is 3.98. The molecule has 1 aliphatic carbocycles. The van der Waals surface area contributed by atoms with Crippen LogP contribution in [-0.2, 0) is 0 Å². The van der Waals surface area contributed by atoms with Crippen molar-refractivity contribution in [3.05, 3.63) is 23.9 Å². The van der Waals surface area contributed by atoms with Gasteiger partial charge < -0.3 is 10.4 Å². The van der Waals surface area contributed by atoms with Crippen molar-refractivity contribution in [3.8, 4) is 0 Å². The van der Waals surface area contributed by atoms with Gasteiger partial charge in [-0.15, -0.1) is 0 Å². The van der Waals surface area contributed by atoms with E-state index in [0.717, 1.165) is 5.92 Å². The third-order valence-corrected chi connectivity index (χ3v) is 2.67. The van der Waals surface area contributed by atoms with E-state index in [1.165, 1.54) is 18.9 Å². The maximum Gasteiger partial charge on any atom is 0.354 e. The lowest BCUT2D eigenvalue weighted by Gasteiger charge is -2.13. The van der Waals surface area contributed by atoms with Gasteiger partial charge in [0.15, 0.2) is 5.69 Å². The number of aromatic carboxylic acids is 1. The average molecular weight is 206 g/mol. The molecule has 0 radical (unpaired) electrons. The summed E-state index contributed by atoms with van der Waals surface area (Å²) in [5.74, 6) is 0.382. The highest BCUT2D eigenvalue weighted by Crippen LogP contribution is 2.33. The van der Waals surface area contributed by atoms with Crippen molar-refractivity contribution in [2.75, 3.05) is 5.32 Å². The van der Waals surface area contributed by atoms with E-state index < -0.39 is 5.97 Å². The van der Waals surface area contributed by atoms with Crippen molar-refractivity contribution in [2.24, 2.45) is 5.92 Å². The second-order valence-electron chi connectivity index (χ2n) is 3.98. The molecule has 2 N–H and O–H groups in total. The average Bonchev–Trinajstić information content (AvgIpc) is 3.01. The van der Waals surface area contributed by atoms with Crippen LogP contribution >= 0.6 is 0 Å². The number of hydrogen-bond donors (Lipinski definition) is 2. The van der Waals surface area contributed by atoms with Crippen LogP contribution in [0.5, 0.6) is 0 Å². The molecule has 0 aromatic carbocycles. The molecule has 0 saturated heterocycles. The van der Waals surface area contributed by atoms with Crippen molar-refractivity contribution in [1.29, 1.82) is 0 Å². The molecule has 0 bridgehead atoms. The minimum absolute atomic E-state index is 0.0861. The van der Waals surface area contributed by atoms with Crippen molar-refractivity contribution < 1.29 is 9.90 Å². The van der Waals surface area contributed by atoms with E-state index in [1.807, 2.05) is 0 Å². The molecule has 0 spiro atoms. The number of nitrogens with zero attached hydrogens (tertiary/aromatic N) is 1. The van der Waals surface area contributed by atoms with Gasteiger partial charge in [-0.1, -0.05) is 6.07 Å². The van der Waals surface area contributed by atoms with Gasteiger partial charge in [-0.25, -0.2) is 9.78 Å². The first kappa shape index (κ1) is 9.96. The molecule has 1 fully saturated rings. The Hall–Kier alpha value is -1.58. The highest BCUT2D eigenvalue weighted by atomic mass is 16.4. The third-order valence-electron chi connectivity index (χ3n) is 2.67. The van der Waals surface area contributed by atoms with E-state index >= 15 is 0 Å².